The second kappa shape index (κ2) is 44.1. The van der Waals surface area contributed by atoms with Crippen molar-refractivity contribution in [3.05, 3.63) is 24.3 Å². The summed E-state index contributed by atoms with van der Waals surface area (Å²) >= 11 is 0. The molecule has 0 aliphatic rings. The molecule has 0 aliphatic carbocycles. The maximum atomic E-state index is 12.4. The summed E-state index contributed by atoms with van der Waals surface area (Å²) in [6.07, 6.45) is 50.3. The number of aliphatic hydroxyl groups is 2. The van der Waals surface area contributed by atoms with Crippen LogP contribution in [0.1, 0.15) is 245 Å². The molecule has 54 heavy (non-hydrogen) atoms. The van der Waals surface area contributed by atoms with E-state index < -0.39 is 12.1 Å². The molecule has 0 aromatic heterocycles. The van der Waals surface area contributed by atoms with E-state index in [2.05, 4.69) is 31.3 Å². The van der Waals surface area contributed by atoms with Crippen LogP contribution in [0.3, 0.4) is 0 Å². The first kappa shape index (κ1) is 52.3. The zero-order valence-corrected chi connectivity index (χ0v) is 36.0. The SMILES string of the molecule is CCCCCCCCCCCCC/C=C/C(O)C(CO)NC(=O)CCCCCC/C=C\CCCCOC(=O)CCCCCCCCCCCCCCCC. The van der Waals surface area contributed by atoms with Crippen molar-refractivity contribution in [3.63, 3.8) is 0 Å². The van der Waals surface area contributed by atoms with Crippen LogP contribution in [0.15, 0.2) is 24.3 Å². The Balaban J connectivity index is 3.56. The molecule has 0 saturated carbocycles. The Labute approximate surface area is 335 Å². The van der Waals surface area contributed by atoms with E-state index in [9.17, 15) is 19.8 Å². The van der Waals surface area contributed by atoms with Crippen molar-refractivity contribution < 1.29 is 24.5 Å². The number of allylic oxidation sites excluding steroid dienone is 3. The largest absolute Gasteiger partial charge is 0.466 e. The zero-order chi connectivity index (χ0) is 39.4. The Bertz CT molecular complexity index is 843. The number of carbonyl (C=O) groups excluding carboxylic acids is 2. The molecule has 3 N–H and O–H groups in total. The van der Waals surface area contributed by atoms with Gasteiger partial charge in [-0.2, -0.15) is 0 Å². The van der Waals surface area contributed by atoms with Crippen LogP contribution < -0.4 is 5.32 Å². The van der Waals surface area contributed by atoms with Gasteiger partial charge in [-0.25, -0.2) is 0 Å². The molecule has 1 amide bonds. The monoisotopic (exact) mass is 762 g/mol. The molecule has 0 aromatic rings. The summed E-state index contributed by atoms with van der Waals surface area (Å²) in [6.45, 7) is 4.80. The van der Waals surface area contributed by atoms with Gasteiger partial charge < -0.3 is 20.3 Å². The Kier molecular flexibility index (Phi) is 42.7. The van der Waals surface area contributed by atoms with Gasteiger partial charge in [0.15, 0.2) is 0 Å². The van der Waals surface area contributed by atoms with Gasteiger partial charge in [-0.1, -0.05) is 199 Å². The highest BCUT2D eigenvalue weighted by atomic mass is 16.5. The molecule has 2 atom stereocenters. The van der Waals surface area contributed by atoms with Crippen molar-refractivity contribution in [2.24, 2.45) is 0 Å². The average Bonchev–Trinajstić information content (AvgIpc) is 3.17. The average molecular weight is 762 g/mol. The standard InChI is InChI=1S/C48H91NO5/c1-3-5-7-9-11-13-15-17-19-21-26-30-34-38-42-48(53)54-43-39-35-31-27-23-22-25-29-33-37-41-47(52)49-45(44-50)46(51)40-36-32-28-24-20-18-16-14-12-10-8-6-4-2/h23,27,36,40,45-46,50-51H,3-22,24-26,28-35,37-39,41-44H2,1-2H3,(H,49,52)/b27-23-,40-36+. The van der Waals surface area contributed by atoms with Crippen LogP contribution in [0.25, 0.3) is 0 Å². The minimum absolute atomic E-state index is 0.0369. The molecule has 0 aliphatic heterocycles. The molecule has 0 heterocycles. The van der Waals surface area contributed by atoms with Gasteiger partial charge in [0.25, 0.3) is 0 Å². The minimum Gasteiger partial charge on any atom is -0.466 e. The molecular weight excluding hydrogens is 671 g/mol. The molecular formula is C48H91NO5. The highest BCUT2D eigenvalue weighted by molar-refractivity contribution is 5.76. The zero-order valence-electron chi connectivity index (χ0n) is 36.0. The number of esters is 1. The van der Waals surface area contributed by atoms with Gasteiger partial charge in [-0.15, -0.1) is 0 Å². The van der Waals surface area contributed by atoms with E-state index in [-0.39, 0.29) is 18.5 Å². The van der Waals surface area contributed by atoms with Gasteiger partial charge in [0.05, 0.1) is 25.4 Å². The van der Waals surface area contributed by atoms with Gasteiger partial charge in [0.2, 0.25) is 5.91 Å². The molecule has 0 saturated heterocycles. The number of hydrogen-bond donors (Lipinski definition) is 3. The number of rotatable bonds is 43. The van der Waals surface area contributed by atoms with E-state index in [1.165, 1.54) is 141 Å². The van der Waals surface area contributed by atoms with Crippen molar-refractivity contribution in [3.8, 4) is 0 Å². The van der Waals surface area contributed by atoms with E-state index >= 15 is 0 Å². The fourth-order valence-electron chi connectivity index (χ4n) is 7.04. The highest BCUT2D eigenvalue weighted by Gasteiger charge is 2.18. The summed E-state index contributed by atoms with van der Waals surface area (Å²) in [5.74, 6) is -0.141. The van der Waals surface area contributed by atoms with Crippen molar-refractivity contribution in [2.45, 2.75) is 257 Å². The minimum atomic E-state index is -0.864. The maximum Gasteiger partial charge on any atom is 0.305 e. The van der Waals surface area contributed by atoms with E-state index in [0.29, 0.717) is 19.4 Å². The number of unbranched alkanes of at least 4 members (excludes halogenated alkanes) is 30. The van der Waals surface area contributed by atoms with Crippen LogP contribution in [-0.2, 0) is 14.3 Å². The molecule has 0 spiro atoms. The lowest BCUT2D eigenvalue weighted by Crippen LogP contribution is -2.45. The number of ether oxygens (including phenoxy) is 1. The molecule has 0 rings (SSSR count). The number of amides is 1. The first-order valence-corrected chi connectivity index (χ1v) is 23.6. The summed E-state index contributed by atoms with van der Waals surface area (Å²) < 4.78 is 5.42. The Hall–Kier alpha value is -1.66. The normalized spacial score (nSPS) is 12.9. The highest BCUT2D eigenvalue weighted by Crippen LogP contribution is 2.15. The van der Waals surface area contributed by atoms with E-state index in [1.807, 2.05) is 6.08 Å². The van der Waals surface area contributed by atoms with E-state index in [0.717, 1.165) is 77.0 Å². The number of nitrogens with one attached hydrogen (secondary N) is 1. The second-order valence-corrected chi connectivity index (χ2v) is 16.1. The molecule has 6 nitrogen and oxygen atoms in total. The third kappa shape index (κ3) is 40.0. The van der Waals surface area contributed by atoms with Gasteiger partial charge in [0, 0.05) is 12.8 Å². The molecule has 0 bridgehead atoms. The third-order valence-electron chi connectivity index (χ3n) is 10.7. The fraction of sp³-hybridized carbons (Fsp3) is 0.875. The molecule has 2 unspecified atom stereocenters. The number of carbonyl (C=O) groups is 2. The molecule has 6 heteroatoms. The van der Waals surface area contributed by atoms with Gasteiger partial charge in [-0.05, 0) is 57.8 Å². The summed E-state index contributed by atoms with van der Waals surface area (Å²) in [6, 6.07) is -0.651. The number of hydrogen-bond acceptors (Lipinski definition) is 5. The molecule has 0 radical (unpaired) electrons. The van der Waals surface area contributed by atoms with Gasteiger partial charge in [0.1, 0.15) is 0 Å². The summed E-state index contributed by atoms with van der Waals surface area (Å²) in [4.78, 5) is 24.4. The van der Waals surface area contributed by atoms with Crippen LogP contribution in [-0.4, -0.2) is 47.4 Å². The summed E-state index contributed by atoms with van der Waals surface area (Å²) in [5.41, 5.74) is 0. The summed E-state index contributed by atoms with van der Waals surface area (Å²) in [7, 11) is 0. The fourth-order valence-corrected chi connectivity index (χ4v) is 7.04. The Morgan fingerprint density at radius 3 is 1.31 bits per heavy atom. The lowest BCUT2D eigenvalue weighted by atomic mass is 10.0. The summed E-state index contributed by atoms with van der Waals surface area (Å²) in [5, 5.41) is 22.9. The van der Waals surface area contributed by atoms with E-state index in [1.54, 1.807) is 6.08 Å². The quantitative estimate of drug-likeness (QED) is 0.0327. The first-order valence-electron chi connectivity index (χ1n) is 23.6. The molecule has 318 valence electrons. The third-order valence-corrected chi connectivity index (χ3v) is 10.7. The molecule has 0 fully saturated rings. The van der Waals surface area contributed by atoms with Crippen molar-refractivity contribution in [2.75, 3.05) is 13.2 Å². The van der Waals surface area contributed by atoms with Crippen LogP contribution in [0.4, 0.5) is 0 Å². The van der Waals surface area contributed by atoms with Crippen molar-refractivity contribution in [1.82, 2.24) is 5.32 Å². The van der Waals surface area contributed by atoms with Crippen LogP contribution in [0.5, 0.6) is 0 Å². The Morgan fingerprint density at radius 1 is 0.500 bits per heavy atom. The van der Waals surface area contributed by atoms with Crippen LogP contribution >= 0.6 is 0 Å². The lowest BCUT2D eigenvalue weighted by Gasteiger charge is -2.20. The Morgan fingerprint density at radius 2 is 0.870 bits per heavy atom. The predicted octanol–water partition coefficient (Wildman–Crippen LogP) is 13.6. The van der Waals surface area contributed by atoms with Crippen LogP contribution in [0, 0.1) is 0 Å². The topological polar surface area (TPSA) is 95.9 Å². The predicted molar refractivity (Wildman–Crippen MR) is 232 cm³/mol. The maximum absolute atomic E-state index is 12.4. The molecule has 0 aromatic carbocycles. The van der Waals surface area contributed by atoms with Gasteiger partial charge >= 0.3 is 5.97 Å². The van der Waals surface area contributed by atoms with Gasteiger partial charge in [-0.3, -0.25) is 9.59 Å². The van der Waals surface area contributed by atoms with Crippen molar-refractivity contribution >= 4 is 11.9 Å². The lowest BCUT2D eigenvalue weighted by molar-refractivity contribution is -0.143. The van der Waals surface area contributed by atoms with Crippen molar-refractivity contribution in [1.29, 1.82) is 0 Å². The first-order chi connectivity index (χ1) is 26.5. The van der Waals surface area contributed by atoms with Crippen LogP contribution in [0.2, 0.25) is 0 Å². The van der Waals surface area contributed by atoms with E-state index in [4.69, 9.17) is 4.74 Å². The second-order valence-electron chi connectivity index (χ2n) is 16.1. The smallest absolute Gasteiger partial charge is 0.305 e. The number of aliphatic hydroxyl groups excluding tert-OH is 2.